The molecule has 34 valence electrons. The van der Waals surface area contributed by atoms with Crippen molar-refractivity contribution in [2.75, 3.05) is 0 Å². The van der Waals surface area contributed by atoms with Gasteiger partial charge in [-0.25, -0.2) is 12.1 Å². The second-order valence-electron chi connectivity index (χ2n) is 0.962. The average molecular weight is 83.1 g/mol. The van der Waals surface area contributed by atoms with Gasteiger partial charge in [0.05, 0.1) is 0 Å². The fraction of sp³-hybridized carbons (Fsp3) is 0. The fourth-order valence-corrected chi connectivity index (χ4v) is 0.321. The van der Waals surface area contributed by atoms with Crippen LogP contribution in [0.3, 0.4) is 0 Å². The van der Waals surface area contributed by atoms with Crippen LogP contribution in [0.15, 0.2) is 30.3 Å². The van der Waals surface area contributed by atoms with E-state index in [2.05, 4.69) is 0 Å². The van der Waals surface area contributed by atoms with E-state index >= 15 is 0 Å². The maximum absolute atomic E-state index is 2.00. The number of rotatable bonds is 0. The molecule has 0 heterocycles. The third-order valence-corrected chi connectivity index (χ3v) is 0.556. The summed E-state index contributed by atoms with van der Waals surface area (Å²) in [7, 11) is 0. The molecule has 0 spiro atoms. The van der Waals surface area contributed by atoms with E-state index in [1.165, 1.54) is 0 Å². The van der Waals surface area contributed by atoms with Gasteiger partial charge in [0.2, 0.25) is 0 Å². The molecule has 1 aromatic carbocycles. The van der Waals surface area contributed by atoms with Crippen molar-refractivity contribution in [3.05, 3.63) is 30.3 Å². The Hall–Kier alpha value is -0.690. The lowest BCUT2D eigenvalue weighted by Crippen LogP contribution is -1.16. The third kappa shape index (κ3) is 0.951. The SMILES string of the molecule is [NH4+].c1cc[cH-]c1. The molecule has 0 amide bonds. The molecule has 0 aliphatic heterocycles. The summed E-state index contributed by atoms with van der Waals surface area (Å²) in [5.41, 5.74) is 0. The van der Waals surface area contributed by atoms with Gasteiger partial charge >= 0.3 is 0 Å². The molecular weight excluding hydrogens is 74.1 g/mol. The van der Waals surface area contributed by atoms with E-state index < -0.39 is 0 Å². The summed E-state index contributed by atoms with van der Waals surface area (Å²) in [6, 6.07) is 10.0. The standard InChI is InChI=1S/C5H5.H3N/c1-2-4-5-3-1;/h1-5H;1H3/q-1;/p+1. The zero-order valence-electron chi connectivity index (χ0n) is 3.89. The second-order valence-corrected chi connectivity index (χ2v) is 0.962. The first-order valence-corrected chi connectivity index (χ1v) is 1.67. The topological polar surface area (TPSA) is 36.5 Å². The van der Waals surface area contributed by atoms with Crippen LogP contribution >= 0.6 is 0 Å². The van der Waals surface area contributed by atoms with Crippen molar-refractivity contribution in [2.45, 2.75) is 0 Å². The monoisotopic (exact) mass is 83.1 g/mol. The fourth-order valence-electron chi connectivity index (χ4n) is 0.321. The molecular formula is C5H9N. The van der Waals surface area contributed by atoms with Gasteiger partial charge in [0.1, 0.15) is 0 Å². The molecule has 1 aromatic rings. The van der Waals surface area contributed by atoms with Crippen molar-refractivity contribution in [1.82, 2.24) is 6.15 Å². The number of hydrogen-bond donors (Lipinski definition) is 1. The van der Waals surface area contributed by atoms with Crippen molar-refractivity contribution in [2.24, 2.45) is 0 Å². The summed E-state index contributed by atoms with van der Waals surface area (Å²) < 4.78 is 0. The molecule has 0 radical (unpaired) electrons. The van der Waals surface area contributed by atoms with Gasteiger partial charge in [0.15, 0.2) is 0 Å². The predicted octanol–water partition coefficient (Wildman–Crippen LogP) is 1.78. The summed E-state index contributed by atoms with van der Waals surface area (Å²) in [5.74, 6) is 0. The first-order valence-electron chi connectivity index (χ1n) is 1.67. The van der Waals surface area contributed by atoms with Crippen molar-refractivity contribution in [3.8, 4) is 0 Å². The van der Waals surface area contributed by atoms with Gasteiger partial charge in [-0.05, 0) is 0 Å². The third-order valence-electron chi connectivity index (χ3n) is 0.556. The summed E-state index contributed by atoms with van der Waals surface area (Å²) in [6.45, 7) is 0. The Morgan fingerprint density at radius 2 is 1.50 bits per heavy atom. The van der Waals surface area contributed by atoms with E-state index in [-0.39, 0.29) is 6.15 Å². The van der Waals surface area contributed by atoms with Gasteiger partial charge in [0, 0.05) is 0 Å². The highest BCUT2D eigenvalue weighted by atomic mass is 14.0. The van der Waals surface area contributed by atoms with Crippen molar-refractivity contribution < 1.29 is 0 Å². The Bertz CT molecular complexity index is 60.4. The van der Waals surface area contributed by atoms with E-state index in [4.69, 9.17) is 0 Å². The highest BCUT2D eigenvalue weighted by Crippen LogP contribution is 1.79. The van der Waals surface area contributed by atoms with Gasteiger partial charge in [0.25, 0.3) is 0 Å². The highest BCUT2D eigenvalue weighted by Gasteiger charge is 1.44. The van der Waals surface area contributed by atoms with E-state index in [0.717, 1.165) is 0 Å². The van der Waals surface area contributed by atoms with Crippen LogP contribution in [0.5, 0.6) is 0 Å². The molecule has 0 unspecified atom stereocenters. The van der Waals surface area contributed by atoms with Crippen molar-refractivity contribution in [1.29, 1.82) is 0 Å². The highest BCUT2D eigenvalue weighted by molar-refractivity contribution is 4.98. The molecule has 0 atom stereocenters. The molecule has 1 nitrogen and oxygen atoms in total. The van der Waals surface area contributed by atoms with Crippen LogP contribution in [0, 0.1) is 0 Å². The quantitative estimate of drug-likeness (QED) is 0.464. The van der Waals surface area contributed by atoms with E-state index in [9.17, 15) is 0 Å². The smallest absolute Gasteiger partial charge is 0.172 e. The summed E-state index contributed by atoms with van der Waals surface area (Å²) in [5, 5.41) is 0. The Kier molecular flexibility index (Phi) is 2.25. The average Bonchev–Trinajstić information content (AvgIpc) is 1.76. The minimum Gasteiger partial charge on any atom is -0.369 e. The number of quaternary nitrogens is 1. The number of hydrogen-bond acceptors (Lipinski definition) is 0. The van der Waals surface area contributed by atoms with Crippen molar-refractivity contribution in [3.63, 3.8) is 0 Å². The Labute approximate surface area is 37.6 Å². The second kappa shape index (κ2) is 2.54. The molecule has 0 saturated carbocycles. The van der Waals surface area contributed by atoms with Crippen LogP contribution in [-0.2, 0) is 0 Å². The normalized spacial score (nSPS) is 6.67. The van der Waals surface area contributed by atoms with Crippen LogP contribution in [0.4, 0.5) is 0 Å². The first kappa shape index (κ1) is 5.31. The van der Waals surface area contributed by atoms with Gasteiger partial charge in [-0.1, -0.05) is 0 Å². The summed E-state index contributed by atoms with van der Waals surface area (Å²) in [6.07, 6.45) is 0. The lowest BCUT2D eigenvalue weighted by Gasteiger charge is -1.53. The molecule has 6 heavy (non-hydrogen) atoms. The molecule has 0 aliphatic rings. The maximum atomic E-state index is 2.00. The minimum absolute atomic E-state index is 0. The molecule has 0 aliphatic carbocycles. The summed E-state index contributed by atoms with van der Waals surface area (Å²) in [4.78, 5) is 0. The molecule has 1 rings (SSSR count). The Morgan fingerprint density at radius 3 is 1.67 bits per heavy atom. The molecule has 0 fully saturated rings. The zero-order valence-corrected chi connectivity index (χ0v) is 3.89. The molecule has 0 aromatic heterocycles. The molecule has 0 bridgehead atoms. The van der Waals surface area contributed by atoms with Crippen LogP contribution in [0.2, 0.25) is 0 Å². The van der Waals surface area contributed by atoms with Gasteiger partial charge in [-0.3, -0.25) is 0 Å². The van der Waals surface area contributed by atoms with Crippen molar-refractivity contribution >= 4 is 0 Å². The van der Waals surface area contributed by atoms with Crippen LogP contribution in [-0.4, -0.2) is 0 Å². The minimum atomic E-state index is 0. The van der Waals surface area contributed by atoms with Crippen LogP contribution < -0.4 is 6.15 Å². The lowest BCUT2D eigenvalue weighted by atomic mass is 10.7. The largest absolute Gasteiger partial charge is 0.369 e. The summed E-state index contributed by atoms with van der Waals surface area (Å²) >= 11 is 0. The van der Waals surface area contributed by atoms with E-state index in [1.807, 2.05) is 30.3 Å². The predicted molar refractivity (Wildman–Crippen MR) is 28.0 cm³/mol. The van der Waals surface area contributed by atoms with Gasteiger partial charge in [-0.2, -0.15) is 18.2 Å². The maximum Gasteiger partial charge on any atom is -0.172 e. The van der Waals surface area contributed by atoms with Crippen LogP contribution in [0.25, 0.3) is 0 Å². The molecule has 0 saturated heterocycles. The zero-order chi connectivity index (χ0) is 3.54. The van der Waals surface area contributed by atoms with Gasteiger partial charge in [-0.15, -0.1) is 0 Å². The van der Waals surface area contributed by atoms with Gasteiger partial charge < -0.3 is 6.15 Å². The Balaban J connectivity index is 0.000000250. The van der Waals surface area contributed by atoms with E-state index in [0.29, 0.717) is 0 Å². The van der Waals surface area contributed by atoms with E-state index in [1.54, 1.807) is 0 Å². The lowest BCUT2D eigenvalue weighted by molar-refractivity contribution is 2.03. The molecule has 4 N–H and O–H groups in total. The first-order chi connectivity index (χ1) is 2.50. The van der Waals surface area contributed by atoms with Crippen LogP contribution in [0.1, 0.15) is 0 Å². The Morgan fingerprint density at radius 1 is 1.00 bits per heavy atom. The molecule has 1 heteroatoms.